The van der Waals surface area contributed by atoms with Gasteiger partial charge in [0.1, 0.15) is 17.6 Å². The molecule has 0 aromatic heterocycles. The van der Waals surface area contributed by atoms with Gasteiger partial charge in [-0.1, -0.05) is 78.7 Å². The second-order valence-corrected chi connectivity index (χ2v) is 9.71. The van der Waals surface area contributed by atoms with Crippen LogP contribution in [0.4, 0.5) is 0 Å². The molecule has 3 atom stereocenters. The van der Waals surface area contributed by atoms with Crippen LogP contribution in [0.1, 0.15) is 98.0 Å². The summed E-state index contributed by atoms with van der Waals surface area (Å²) in [6.45, 7) is 10.9. The van der Waals surface area contributed by atoms with E-state index in [-0.39, 0.29) is 12.1 Å². The number of hydrogen-bond acceptors (Lipinski definition) is 3. The smallest absolute Gasteiger partial charge is 0.308 e. The van der Waals surface area contributed by atoms with Crippen molar-refractivity contribution >= 4 is 12.0 Å². The molecule has 1 aliphatic rings. The van der Waals surface area contributed by atoms with Crippen molar-refractivity contribution in [2.75, 3.05) is 0 Å². The van der Waals surface area contributed by atoms with Gasteiger partial charge in [-0.2, -0.15) is 0 Å². The first kappa shape index (κ1) is 24.5. The van der Waals surface area contributed by atoms with E-state index in [0.29, 0.717) is 5.75 Å². The molecule has 0 N–H and O–H groups in total. The summed E-state index contributed by atoms with van der Waals surface area (Å²) < 4.78 is 11.3. The monoisotopic (exact) mass is 414 g/mol. The Morgan fingerprint density at radius 2 is 1.60 bits per heavy atom. The van der Waals surface area contributed by atoms with Crippen LogP contribution in [0.15, 0.2) is 24.3 Å². The third-order valence-corrected chi connectivity index (χ3v) is 6.07. The van der Waals surface area contributed by atoms with E-state index in [2.05, 4.69) is 39.8 Å². The lowest BCUT2D eigenvalue weighted by molar-refractivity contribution is -0.131. The first-order chi connectivity index (χ1) is 14.3. The van der Waals surface area contributed by atoms with Crippen molar-refractivity contribution in [2.45, 2.75) is 98.5 Å². The SMILES string of the molecule is CC(=O)Oc1ccc2c(c1)C=CC(CCCC(C)CCCC(C)CCCC(C)C)O2. The van der Waals surface area contributed by atoms with Gasteiger partial charge in [0.05, 0.1) is 0 Å². The summed E-state index contributed by atoms with van der Waals surface area (Å²) in [5.74, 6) is 3.64. The molecule has 3 nitrogen and oxygen atoms in total. The molecule has 1 aromatic carbocycles. The van der Waals surface area contributed by atoms with Crippen LogP contribution in [0.25, 0.3) is 6.08 Å². The van der Waals surface area contributed by atoms with Gasteiger partial charge >= 0.3 is 5.97 Å². The number of fused-ring (bicyclic) bond motifs is 1. The first-order valence-corrected chi connectivity index (χ1v) is 12.0. The molecule has 0 radical (unpaired) electrons. The minimum absolute atomic E-state index is 0.144. The highest BCUT2D eigenvalue weighted by atomic mass is 16.5. The molecule has 1 aromatic rings. The maximum absolute atomic E-state index is 11.1. The molecule has 3 unspecified atom stereocenters. The number of hydrogen-bond donors (Lipinski definition) is 0. The van der Waals surface area contributed by atoms with Crippen molar-refractivity contribution in [3.05, 3.63) is 29.8 Å². The largest absolute Gasteiger partial charge is 0.486 e. The zero-order valence-corrected chi connectivity index (χ0v) is 19.8. The molecule has 1 heterocycles. The Labute approximate surface area is 184 Å². The van der Waals surface area contributed by atoms with Crippen LogP contribution in [0, 0.1) is 17.8 Å². The predicted molar refractivity (Wildman–Crippen MR) is 126 cm³/mol. The first-order valence-electron chi connectivity index (χ1n) is 12.0. The van der Waals surface area contributed by atoms with Crippen LogP contribution in [-0.2, 0) is 4.79 Å². The molecule has 0 bridgehead atoms. The zero-order valence-electron chi connectivity index (χ0n) is 19.8. The third-order valence-electron chi connectivity index (χ3n) is 6.07. The van der Waals surface area contributed by atoms with Crippen molar-refractivity contribution in [3.63, 3.8) is 0 Å². The van der Waals surface area contributed by atoms with Crippen LogP contribution < -0.4 is 9.47 Å². The quantitative estimate of drug-likeness (QED) is 0.244. The molecule has 0 saturated carbocycles. The molecular formula is C27H42O3. The summed E-state index contributed by atoms with van der Waals surface area (Å²) in [5, 5.41) is 0. The van der Waals surface area contributed by atoms with E-state index in [9.17, 15) is 4.79 Å². The second-order valence-electron chi connectivity index (χ2n) is 9.71. The number of benzene rings is 1. The summed E-state index contributed by atoms with van der Waals surface area (Å²) in [5.41, 5.74) is 0.973. The molecule has 0 aliphatic carbocycles. The van der Waals surface area contributed by atoms with Gasteiger partial charge in [-0.05, 0) is 54.9 Å². The summed E-state index contributed by atoms with van der Waals surface area (Å²) >= 11 is 0. The molecule has 0 spiro atoms. The molecule has 0 saturated heterocycles. The van der Waals surface area contributed by atoms with E-state index < -0.39 is 0 Å². The molecule has 3 heteroatoms. The number of rotatable bonds is 13. The fraction of sp³-hybridized carbons (Fsp3) is 0.667. The van der Waals surface area contributed by atoms with Crippen LogP contribution in [0.5, 0.6) is 11.5 Å². The van der Waals surface area contributed by atoms with Gasteiger partial charge < -0.3 is 9.47 Å². The minimum atomic E-state index is -0.303. The average Bonchev–Trinajstić information content (AvgIpc) is 2.67. The molecule has 1 aliphatic heterocycles. The maximum atomic E-state index is 11.1. The standard InChI is InChI=1S/C27H42O3/c1-20(2)9-6-10-21(3)11-7-12-22(4)13-8-14-25-16-15-24-19-26(29-23(5)28)17-18-27(24)30-25/h15-22,25H,6-14H2,1-5H3. The van der Waals surface area contributed by atoms with Gasteiger partial charge in [0.2, 0.25) is 0 Å². The normalized spacial score (nSPS) is 17.3. The van der Waals surface area contributed by atoms with Crippen LogP contribution in [0.3, 0.4) is 0 Å². The predicted octanol–water partition coefficient (Wildman–Crippen LogP) is 7.83. The fourth-order valence-electron chi connectivity index (χ4n) is 4.21. The molecule has 30 heavy (non-hydrogen) atoms. The topological polar surface area (TPSA) is 35.5 Å². The van der Waals surface area contributed by atoms with Crippen molar-refractivity contribution in [1.29, 1.82) is 0 Å². The highest BCUT2D eigenvalue weighted by molar-refractivity contribution is 5.70. The lowest BCUT2D eigenvalue weighted by Gasteiger charge is -2.22. The lowest BCUT2D eigenvalue weighted by atomic mass is 9.91. The van der Waals surface area contributed by atoms with Gasteiger partial charge in [0.15, 0.2) is 0 Å². The van der Waals surface area contributed by atoms with Gasteiger partial charge in [-0.3, -0.25) is 4.79 Å². The zero-order chi connectivity index (χ0) is 21.9. The Morgan fingerprint density at radius 1 is 0.967 bits per heavy atom. The molecule has 0 fully saturated rings. The Balaban J connectivity index is 1.61. The van der Waals surface area contributed by atoms with E-state index in [0.717, 1.165) is 35.5 Å². The second kappa shape index (κ2) is 12.8. The highest BCUT2D eigenvalue weighted by Crippen LogP contribution is 2.31. The van der Waals surface area contributed by atoms with Crippen molar-refractivity contribution in [2.24, 2.45) is 17.8 Å². The minimum Gasteiger partial charge on any atom is -0.486 e. The summed E-state index contributed by atoms with van der Waals surface area (Å²) in [6, 6.07) is 5.55. The Bertz CT molecular complexity index is 677. The van der Waals surface area contributed by atoms with Crippen molar-refractivity contribution in [3.8, 4) is 11.5 Å². The Hall–Kier alpha value is -1.77. The summed E-state index contributed by atoms with van der Waals surface area (Å²) in [4.78, 5) is 11.1. The van der Waals surface area contributed by atoms with Gasteiger partial charge in [-0.15, -0.1) is 0 Å². The van der Waals surface area contributed by atoms with E-state index in [1.165, 1.54) is 58.3 Å². The number of carbonyl (C=O) groups is 1. The number of carbonyl (C=O) groups excluding carboxylic acids is 1. The lowest BCUT2D eigenvalue weighted by Crippen LogP contribution is -2.17. The number of esters is 1. The Morgan fingerprint density at radius 3 is 2.23 bits per heavy atom. The molecule has 168 valence electrons. The van der Waals surface area contributed by atoms with E-state index in [1.807, 2.05) is 12.1 Å². The van der Waals surface area contributed by atoms with Gasteiger partial charge in [0.25, 0.3) is 0 Å². The van der Waals surface area contributed by atoms with E-state index >= 15 is 0 Å². The molecule has 0 amide bonds. The number of ether oxygens (including phenoxy) is 2. The average molecular weight is 415 g/mol. The molecule has 2 rings (SSSR count). The molecular weight excluding hydrogens is 372 g/mol. The van der Waals surface area contributed by atoms with Crippen molar-refractivity contribution < 1.29 is 14.3 Å². The third kappa shape index (κ3) is 9.36. The van der Waals surface area contributed by atoms with Crippen molar-refractivity contribution in [1.82, 2.24) is 0 Å². The highest BCUT2D eigenvalue weighted by Gasteiger charge is 2.16. The summed E-state index contributed by atoms with van der Waals surface area (Å²) in [6.07, 6.45) is 16.1. The summed E-state index contributed by atoms with van der Waals surface area (Å²) in [7, 11) is 0. The van der Waals surface area contributed by atoms with E-state index in [4.69, 9.17) is 9.47 Å². The fourth-order valence-corrected chi connectivity index (χ4v) is 4.21. The maximum Gasteiger partial charge on any atom is 0.308 e. The van der Waals surface area contributed by atoms with Crippen LogP contribution in [0.2, 0.25) is 0 Å². The van der Waals surface area contributed by atoms with Crippen LogP contribution >= 0.6 is 0 Å². The van der Waals surface area contributed by atoms with E-state index in [1.54, 1.807) is 6.07 Å². The Kier molecular flexibility index (Phi) is 10.5. The van der Waals surface area contributed by atoms with Crippen LogP contribution in [-0.4, -0.2) is 12.1 Å². The van der Waals surface area contributed by atoms with Gasteiger partial charge in [0, 0.05) is 12.5 Å². The van der Waals surface area contributed by atoms with Gasteiger partial charge in [-0.25, -0.2) is 0 Å².